The van der Waals surface area contributed by atoms with Gasteiger partial charge in [0.1, 0.15) is 0 Å². The fourth-order valence-electron chi connectivity index (χ4n) is 1.92. The molecule has 0 amide bonds. The summed E-state index contributed by atoms with van der Waals surface area (Å²) in [5.41, 5.74) is 8.20. The Morgan fingerprint density at radius 2 is 2.07 bits per heavy atom. The van der Waals surface area contributed by atoms with Gasteiger partial charge in [0.15, 0.2) is 0 Å². The Balaban J connectivity index is 2.06. The van der Waals surface area contributed by atoms with Crippen LogP contribution in [-0.4, -0.2) is 19.1 Å². The molecule has 0 saturated carbocycles. The lowest BCUT2D eigenvalue weighted by molar-refractivity contribution is 0.481. The normalized spacial score (nSPS) is 20.7. The molecule has 0 aliphatic carbocycles. The summed E-state index contributed by atoms with van der Waals surface area (Å²) in [4.78, 5) is 2.44. The highest BCUT2D eigenvalue weighted by Crippen LogP contribution is 2.26. The monoisotopic (exact) mass is 190 g/mol. The van der Waals surface area contributed by atoms with E-state index in [9.17, 15) is 0 Å². The predicted molar refractivity (Wildman–Crippen MR) is 60.6 cm³/mol. The van der Waals surface area contributed by atoms with E-state index >= 15 is 0 Å². The van der Waals surface area contributed by atoms with Crippen LogP contribution in [0.15, 0.2) is 24.3 Å². The van der Waals surface area contributed by atoms with Crippen LogP contribution >= 0.6 is 0 Å². The molecule has 1 aromatic carbocycles. The van der Waals surface area contributed by atoms with Gasteiger partial charge in [-0.2, -0.15) is 0 Å². The Hall–Kier alpha value is -1.02. The lowest BCUT2D eigenvalue weighted by Gasteiger charge is -2.40. The molecule has 0 radical (unpaired) electrons. The first kappa shape index (κ1) is 9.53. The van der Waals surface area contributed by atoms with Crippen molar-refractivity contribution in [3.05, 3.63) is 29.8 Å². The minimum atomic E-state index is 0.718. The second-order valence-corrected chi connectivity index (χ2v) is 4.04. The van der Waals surface area contributed by atoms with Gasteiger partial charge in [0.05, 0.1) is 0 Å². The van der Waals surface area contributed by atoms with E-state index in [-0.39, 0.29) is 0 Å². The van der Waals surface area contributed by atoms with Gasteiger partial charge in [0, 0.05) is 18.3 Å². The third-order valence-corrected chi connectivity index (χ3v) is 3.02. The molecule has 2 heteroatoms. The van der Waals surface area contributed by atoms with E-state index in [2.05, 4.69) is 36.1 Å². The van der Waals surface area contributed by atoms with Gasteiger partial charge in [-0.05, 0) is 44.0 Å². The number of benzene rings is 1. The Kier molecular flexibility index (Phi) is 2.73. The molecule has 1 aliphatic heterocycles. The summed E-state index contributed by atoms with van der Waals surface area (Å²) in [7, 11) is 0. The highest BCUT2D eigenvalue weighted by Gasteiger charge is 2.22. The molecular weight excluding hydrogens is 172 g/mol. The van der Waals surface area contributed by atoms with Gasteiger partial charge in [-0.1, -0.05) is 12.1 Å². The van der Waals surface area contributed by atoms with Gasteiger partial charge in [-0.25, -0.2) is 0 Å². The van der Waals surface area contributed by atoms with Crippen molar-refractivity contribution in [3.8, 4) is 0 Å². The highest BCUT2D eigenvalue weighted by atomic mass is 15.2. The number of nitrogens with zero attached hydrogens (tertiary/aromatic N) is 1. The fourth-order valence-corrected chi connectivity index (χ4v) is 1.92. The van der Waals surface area contributed by atoms with Gasteiger partial charge < -0.3 is 10.6 Å². The first-order valence-corrected chi connectivity index (χ1v) is 5.37. The van der Waals surface area contributed by atoms with Crippen molar-refractivity contribution >= 4 is 5.69 Å². The van der Waals surface area contributed by atoms with Crippen molar-refractivity contribution in [2.24, 2.45) is 5.73 Å². The van der Waals surface area contributed by atoms with Gasteiger partial charge >= 0.3 is 0 Å². The summed E-state index contributed by atoms with van der Waals surface area (Å²) in [6.45, 7) is 4.22. The van der Waals surface area contributed by atoms with Crippen molar-refractivity contribution in [2.45, 2.75) is 25.8 Å². The molecule has 1 aromatic rings. The molecule has 2 nitrogen and oxygen atoms in total. The molecule has 1 heterocycles. The Bertz CT molecular complexity index is 292. The van der Waals surface area contributed by atoms with E-state index in [4.69, 9.17) is 5.73 Å². The van der Waals surface area contributed by atoms with E-state index in [1.807, 2.05) is 0 Å². The van der Waals surface area contributed by atoms with E-state index in [1.165, 1.54) is 24.2 Å². The van der Waals surface area contributed by atoms with Crippen molar-refractivity contribution in [1.29, 1.82) is 0 Å². The number of nitrogens with two attached hydrogens (primary N) is 1. The Labute approximate surface area is 85.7 Å². The van der Waals surface area contributed by atoms with Crippen LogP contribution in [0.2, 0.25) is 0 Å². The molecule has 1 saturated heterocycles. The molecule has 1 atom stereocenters. The van der Waals surface area contributed by atoms with Crippen LogP contribution in [0.25, 0.3) is 0 Å². The second kappa shape index (κ2) is 4.01. The van der Waals surface area contributed by atoms with Gasteiger partial charge in [0.2, 0.25) is 0 Å². The molecule has 1 unspecified atom stereocenters. The van der Waals surface area contributed by atoms with Crippen LogP contribution in [0.1, 0.15) is 18.9 Å². The van der Waals surface area contributed by atoms with E-state index in [0.717, 1.165) is 19.0 Å². The molecule has 1 aliphatic rings. The summed E-state index contributed by atoms with van der Waals surface area (Å²) in [5.74, 6) is 0. The molecule has 14 heavy (non-hydrogen) atoms. The zero-order chi connectivity index (χ0) is 9.97. The number of anilines is 1. The van der Waals surface area contributed by atoms with Crippen LogP contribution < -0.4 is 10.6 Å². The minimum Gasteiger partial charge on any atom is -0.369 e. The summed E-state index contributed by atoms with van der Waals surface area (Å²) in [6.07, 6.45) is 2.31. The SMILES string of the molecule is CC1CCN1c1ccc(CCN)cc1. The molecule has 76 valence electrons. The van der Waals surface area contributed by atoms with Crippen LogP contribution in [0, 0.1) is 0 Å². The molecule has 0 aromatic heterocycles. The summed E-state index contributed by atoms with van der Waals surface area (Å²) in [6, 6.07) is 9.51. The van der Waals surface area contributed by atoms with E-state index < -0.39 is 0 Å². The van der Waals surface area contributed by atoms with Crippen LogP contribution in [0.3, 0.4) is 0 Å². The minimum absolute atomic E-state index is 0.718. The van der Waals surface area contributed by atoms with E-state index in [1.54, 1.807) is 0 Å². The summed E-state index contributed by atoms with van der Waals surface area (Å²) < 4.78 is 0. The molecular formula is C12H18N2. The molecule has 2 rings (SSSR count). The molecule has 2 N–H and O–H groups in total. The van der Waals surface area contributed by atoms with Crippen molar-refractivity contribution in [2.75, 3.05) is 18.0 Å². The van der Waals surface area contributed by atoms with Gasteiger partial charge in [0.25, 0.3) is 0 Å². The Morgan fingerprint density at radius 1 is 1.36 bits per heavy atom. The third kappa shape index (κ3) is 1.75. The lowest BCUT2D eigenvalue weighted by Crippen LogP contribution is -2.45. The first-order chi connectivity index (χ1) is 6.81. The smallest absolute Gasteiger partial charge is 0.0368 e. The zero-order valence-corrected chi connectivity index (χ0v) is 8.74. The summed E-state index contributed by atoms with van der Waals surface area (Å²) >= 11 is 0. The first-order valence-electron chi connectivity index (χ1n) is 5.37. The maximum Gasteiger partial charge on any atom is 0.0368 e. The topological polar surface area (TPSA) is 29.3 Å². The van der Waals surface area contributed by atoms with Crippen LogP contribution in [0.4, 0.5) is 5.69 Å². The van der Waals surface area contributed by atoms with Gasteiger partial charge in [-0.15, -0.1) is 0 Å². The number of rotatable bonds is 3. The number of hydrogen-bond acceptors (Lipinski definition) is 2. The molecule has 0 spiro atoms. The Morgan fingerprint density at radius 3 is 2.50 bits per heavy atom. The summed E-state index contributed by atoms with van der Waals surface area (Å²) in [5, 5.41) is 0. The zero-order valence-electron chi connectivity index (χ0n) is 8.74. The average molecular weight is 190 g/mol. The highest BCUT2D eigenvalue weighted by molar-refractivity contribution is 5.50. The van der Waals surface area contributed by atoms with Crippen LogP contribution in [0.5, 0.6) is 0 Å². The lowest BCUT2D eigenvalue weighted by atomic mass is 10.0. The fraction of sp³-hybridized carbons (Fsp3) is 0.500. The quantitative estimate of drug-likeness (QED) is 0.787. The average Bonchev–Trinajstić information content (AvgIpc) is 2.19. The maximum absolute atomic E-state index is 5.51. The van der Waals surface area contributed by atoms with Crippen molar-refractivity contribution in [1.82, 2.24) is 0 Å². The third-order valence-electron chi connectivity index (χ3n) is 3.02. The van der Waals surface area contributed by atoms with Crippen molar-refractivity contribution in [3.63, 3.8) is 0 Å². The second-order valence-electron chi connectivity index (χ2n) is 4.04. The van der Waals surface area contributed by atoms with Crippen molar-refractivity contribution < 1.29 is 0 Å². The van der Waals surface area contributed by atoms with Gasteiger partial charge in [-0.3, -0.25) is 0 Å². The maximum atomic E-state index is 5.51. The largest absolute Gasteiger partial charge is 0.369 e. The van der Waals surface area contributed by atoms with E-state index in [0.29, 0.717) is 0 Å². The number of hydrogen-bond donors (Lipinski definition) is 1. The molecule has 1 fully saturated rings. The predicted octanol–water partition coefficient (Wildman–Crippen LogP) is 1.79. The molecule has 0 bridgehead atoms. The standard InChI is InChI=1S/C12H18N2/c1-10-7-9-14(10)12-4-2-11(3-5-12)6-8-13/h2-5,10H,6-9,13H2,1H3. The van der Waals surface area contributed by atoms with Crippen LogP contribution in [-0.2, 0) is 6.42 Å².